The lowest BCUT2D eigenvalue weighted by Gasteiger charge is -2.02. The van der Waals surface area contributed by atoms with Gasteiger partial charge in [0.15, 0.2) is 0 Å². The van der Waals surface area contributed by atoms with E-state index in [0.29, 0.717) is 0 Å². The van der Waals surface area contributed by atoms with Crippen LogP contribution in [-0.4, -0.2) is 22.3 Å². The van der Waals surface area contributed by atoms with E-state index in [4.69, 9.17) is 0 Å². The maximum absolute atomic E-state index is 4.07. The molecule has 0 aliphatic carbocycles. The Morgan fingerprint density at radius 3 is 2.44 bits per heavy atom. The van der Waals surface area contributed by atoms with Gasteiger partial charge in [0.2, 0.25) is 0 Å². The van der Waals surface area contributed by atoms with Gasteiger partial charge in [0.05, 0.1) is 6.20 Å². The van der Waals surface area contributed by atoms with Gasteiger partial charge in [-0.15, -0.1) is 0 Å². The van der Waals surface area contributed by atoms with Crippen molar-refractivity contribution in [3.05, 3.63) is 12.4 Å². The second-order valence-corrected chi connectivity index (χ2v) is 4.57. The second kappa shape index (κ2) is 2.43. The molecule has 1 rings (SSSR count). The highest BCUT2D eigenvalue weighted by Gasteiger charge is 1.94. The van der Waals surface area contributed by atoms with Crippen LogP contribution >= 0.6 is 10.9 Å². The lowest BCUT2D eigenvalue weighted by molar-refractivity contribution is 0.766. The zero-order valence-electron chi connectivity index (χ0n) is 6.00. The van der Waals surface area contributed by atoms with Crippen LogP contribution in [0.1, 0.15) is 0 Å². The average Bonchev–Trinajstić information content (AvgIpc) is 2.14. The molecule has 3 heteroatoms. The Bertz CT molecular complexity index is 193. The summed E-state index contributed by atoms with van der Waals surface area (Å²) in [4.78, 5) is 1.37. The molecule has 0 saturated carbocycles. The van der Waals surface area contributed by atoms with Crippen molar-refractivity contribution in [2.45, 2.75) is 4.90 Å². The number of rotatable bonds is 1. The molecule has 0 saturated heterocycles. The largest absolute Gasteiger partial charge is 0.275 e. The first-order valence-corrected chi connectivity index (χ1v) is 5.10. The Labute approximate surface area is 58.2 Å². The fraction of sp³-hybridized carbons (Fsp3) is 0.500. The minimum atomic E-state index is 0.0419. The molecule has 2 nitrogen and oxygen atoms in total. The summed E-state index contributed by atoms with van der Waals surface area (Å²) in [5.41, 5.74) is 0. The molecule has 0 unspecified atom stereocenters. The van der Waals surface area contributed by atoms with Gasteiger partial charge < -0.3 is 0 Å². The van der Waals surface area contributed by atoms with Crippen molar-refractivity contribution in [3.8, 4) is 0 Å². The maximum Gasteiger partial charge on any atom is 0.0608 e. The van der Waals surface area contributed by atoms with E-state index in [-0.39, 0.29) is 10.9 Å². The third kappa shape index (κ3) is 1.48. The van der Waals surface area contributed by atoms with Crippen LogP contribution in [0, 0.1) is 0 Å². The van der Waals surface area contributed by atoms with Crippen molar-refractivity contribution in [3.63, 3.8) is 0 Å². The Balaban J connectivity index is 2.85. The van der Waals surface area contributed by atoms with Crippen LogP contribution in [0.15, 0.2) is 17.3 Å². The third-order valence-corrected chi connectivity index (χ3v) is 2.47. The monoisotopic (exact) mass is 144 g/mol. The number of hydrogen-bond donors (Lipinski definition) is 1. The zero-order chi connectivity index (χ0) is 6.85. The van der Waals surface area contributed by atoms with E-state index in [1.807, 2.05) is 17.9 Å². The summed E-state index contributed by atoms with van der Waals surface area (Å²) in [5.74, 6) is 0. The highest BCUT2D eigenvalue weighted by atomic mass is 32.2. The number of aromatic nitrogens is 2. The van der Waals surface area contributed by atoms with Crippen LogP contribution < -0.4 is 0 Å². The Kier molecular flexibility index (Phi) is 1.81. The molecule has 0 fully saturated rings. The first-order valence-electron chi connectivity index (χ1n) is 2.86. The summed E-state index contributed by atoms with van der Waals surface area (Å²) in [6.45, 7) is 0. The molecular formula is C6H12N2S. The van der Waals surface area contributed by atoms with E-state index in [0.717, 1.165) is 0 Å². The van der Waals surface area contributed by atoms with Gasteiger partial charge in [0.1, 0.15) is 0 Å². The van der Waals surface area contributed by atoms with Gasteiger partial charge in [0.25, 0.3) is 0 Å². The molecule has 0 aliphatic heterocycles. The smallest absolute Gasteiger partial charge is 0.0608 e. The fourth-order valence-electron chi connectivity index (χ4n) is 0.639. The van der Waals surface area contributed by atoms with Crippen LogP contribution in [-0.2, 0) is 7.05 Å². The van der Waals surface area contributed by atoms with Gasteiger partial charge in [-0.05, 0) is 12.5 Å². The van der Waals surface area contributed by atoms with Gasteiger partial charge in [-0.25, -0.2) is 10.9 Å². The Hall–Kier alpha value is -0.440. The Morgan fingerprint density at radius 1 is 1.56 bits per heavy atom. The predicted octanol–water partition coefficient (Wildman–Crippen LogP) is 1.04. The quantitative estimate of drug-likeness (QED) is 0.583. The van der Waals surface area contributed by atoms with Crippen molar-refractivity contribution in [2.75, 3.05) is 12.5 Å². The average molecular weight is 144 g/mol. The lowest BCUT2D eigenvalue weighted by atomic mass is 10.7. The van der Waals surface area contributed by atoms with Crippen LogP contribution in [0.2, 0.25) is 0 Å². The normalized spacial score (nSPS) is 11.7. The zero-order valence-corrected chi connectivity index (χ0v) is 6.89. The van der Waals surface area contributed by atoms with Gasteiger partial charge in [-0.3, -0.25) is 4.68 Å². The molecule has 1 heterocycles. The first-order chi connectivity index (χ1) is 4.20. The second-order valence-electron chi connectivity index (χ2n) is 2.27. The summed E-state index contributed by atoms with van der Waals surface area (Å²) < 4.78 is 1.84. The number of hydrogen-bond acceptors (Lipinski definition) is 1. The number of aryl methyl sites for hydroxylation is 1. The first kappa shape index (κ1) is 6.68. The molecule has 0 aromatic carbocycles. The van der Waals surface area contributed by atoms with Crippen LogP contribution in [0.3, 0.4) is 0 Å². The van der Waals surface area contributed by atoms with Crippen molar-refractivity contribution < 1.29 is 0 Å². The lowest BCUT2D eigenvalue weighted by Crippen LogP contribution is -1.84. The van der Waals surface area contributed by atoms with Crippen LogP contribution in [0.4, 0.5) is 0 Å². The summed E-state index contributed by atoms with van der Waals surface area (Å²) in [5, 5.41) is 4.07. The van der Waals surface area contributed by atoms with Crippen LogP contribution in [0.5, 0.6) is 0 Å². The molecule has 0 aliphatic rings. The molecular weight excluding hydrogens is 132 g/mol. The van der Waals surface area contributed by atoms with Crippen molar-refractivity contribution in [1.82, 2.24) is 9.78 Å². The molecule has 9 heavy (non-hydrogen) atoms. The molecule has 0 atom stereocenters. The summed E-state index contributed by atoms with van der Waals surface area (Å²) in [7, 11) is 1.99. The van der Waals surface area contributed by atoms with E-state index < -0.39 is 0 Å². The predicted molar refractivity (Wildman–Crippen MR) is 42.3 cm³/mol. The molecule has 52 valence electrons. The van der Waals surface area contributed by atoms with Gasteiger partial charge >= 0.3 is 0 Å². The summed E-state index contributed by atoms with van der Waals surface area (Å²) >= 11 is 0. The van der Waals surface area contributed by atoms with Crippen molar-refractivity contribution in [1.29, 1.82) is 0 Å². The van der Waals surface area contributed by atoms with Crippen molar-refractivity contribution >= 4 is 10.9 Å². The highest BCUT2D eigenvalue weighted by molar-refractivity contribution is 8.15. The molecule has 0 amide bonds. The minimum absolute atomic E-state index is 0.0419. The molecule has 1 aromatic heterocycles. The molecule has 0 spiro atoms. The van der Waals surface area contributed by atoms with E-state index >= 15 is 0 Å². The van der Waals surface area contributed by atoms with Gasteiger partial charge in [-0.2, -0.15) is 5.10 Å². The van der Waals surface area contributed by atoms with E-state index in [1.54, 1.807) is 0 Å². The van der Waals surface area contributed by atoms with E-state index in [9.17, 15) is 0 Å². The topological polar surface area (TPSA) is 17.8 Å². The number of thiol groups is 1. The molecule has 0 bridgehead atoms. The third-order valence-electron chi connectivity index (χ3n) is 1.21. The molecule has 0 N–H and O–H groups in total. The summed E-state index contributed by atoms with van der Waals surface area (Å²) in [6.07, 6.45) is 8.47. The molecule has 1 aromatic rings. The van der Waals surface area contributed by atoms with Crippen LogP contribution in [0.25, 0.3) is 0 Å². The SMILES string of the molecule is Cn1cc([SH](C)C)cn1. The van der Waals surface area contributed by atoms with E-state index in [1.165, 1.54) is 4.90 Å². The van der Waals surface area contributed by atoms with Gasteiger partial charge in [-0.1, -0.05) is 0 Å². The van der Waals surface area contributed by atoms with Gasteiger partial charge in [0, 0.05) is 18.1 Å². The Morgan fingerprint density at radius 2 is 2.22 bits per heavy atom. The van der Waals surface area contributed by atoms with E-state index in [2.05, 4.69) is 23.8 Å². The minimum Gasteiger partial charge on any atom is -0.275 e. The number of nitrogens with zero attached hydrogens (tertiary/aromatic N) is 2. The molecule has 0 radical (unpaired) electrons. The summed E-state index contributed by atoms with van der Waals surface area (Å²) in [6, 6.07) is 0. The fourth-order valence-corrected chi connectivity index (χ4v) is 1.32. The standard InChI is InChI=1S/C6H12N2S/c1-8-5-6(4-7-8)9(2)3/h4-5,9H,1-3H3. The van der Waals surface area contributed by atoms with Crippen molar-refractivity contribution in [2.24, 2.45) is 7.05 Å². The maximum atomic E-state index is 4.07. The highest BCUT2D eigenvalue weighted by Crippen LogP contribution is 2.26.